The summed E-state index contributed by atoms with van der Waals surface area (Å²) in [6.45, 7) is 0.157. The fraction of sp³-hybridized carbons (Fsp3) is 0.500. The van der Waals surface area contributed by atoms with Gasteiger partial charge in [-0.05, 0) is 12.1 Å². The molecule has 0 heterocycles. The van der Waals surface area contributed by atoms with Gasteiger partial charge in [-0.2, -0.15) is 0 Å². The lowest BCUT2D eigenvalue weighted by molar-refractivity contribution is -0.106. The highest BCUT2D eigenvalue weighted by Crippen LogP contribution is 2.31. The highest BCUT2D eigenvalue weighted by atomic mass is 16.7. The summed E-state index contributed by atoms with van der Waals surface area (Å²) >= 11 is 0. The molecule has 0 aliphatic heterocycles. The third-order valence-electron chi connectivity index (χ3n) is 2.22. The van der Waals surface area contributed by atoms with E-state index < -0.39 is 6.29 Å². The van der Waals surface area contributed by atoms with E-state index in [-0.39, 0.29) is 6.79 Å². The summed E-state index contributed by atoms with van der Waals surface area (Å²) in [6.07, 6.45) is -0.425. The maximum absolute atomic E-state index is 5.40. The summed E-state index contributed by atoms with van der Waals surface area (Å²) in [5, 5.41) is 0. The second kappa shape index (κ2) is 7.11. The Labute approximate surface area is 101 Å². The van der Waals surface area contributed by atoms with Crippen LogP contribution >= 0.6 is 0 Å². The molecule has 0 unspecified atom stereocenters. The lowest BCUT2D eigenvalue weighted by Crippen LogP contribution is -2.06. The van der Waals surface area contributed by atoms with Crippen molar-refractivity contribution in [3.8, 4) is 11.5 Å². The van der Waals surface area contributed by atoms with Crippen molar-refractivity contribution in [2.45, 2.75) is 6.29 Å². The van der Waals surface area contributed by atoms with Crippen molar-refractivity contribution in [1.29, 1.82) is 0 Å². The Balaban J connectivity index is 2.94. The lowest BCUT2D eigenvalue weighted by Gasteiger charge is -2.16. The van der Waals surface area contributed by atoms with E-state index in [2.05, 4.69) is 0 Å². The zero-order chi connectivity index (χ0) is 12.7. The van der Waals surface area contributed by atoms with Crippen LogP contribution < -0.4 is 9.47 Å². The molecule has 0 saturated heterocycles. The van der Waals surface area contributed by atoms with E-state index in [0.717, 1.165) is 5.56 Å². The van der Waals surface area contributed by atoms with Gasteiger partial charge in [0.2, 0.25) is 0 Å². The molecule has 0 N–H and O–H groups in total. The van der Waals surface area contributed by atoms with Crippen LogP contribution in [0.4, 0.5) is 0 Å². The first-order valence-corrected chi connectivity index (χ1v) is 5.12. The Hall–Kier alpha value is -1.30. The van der Waals surface area contributed by atoms with Crippen LogP contribution in [0.3, 0.4) is 0 Å². The van der Waals surface area contributed by atoms with E-state index in [9.17, 15) is 0 Å². The van der Waals surface area contributed by atoms with Crippen LogP contribution in [0.25, 0.3) is 0 Å². The Morgan fingerprint density at radius 2 is 1.71 bits per heavy atom. The third kappa shape index (κ3) is 3.59. The molecule has 0 aromatic heterocycles. The largest absolute Gasteiger partial charge is 0.493 e. The van der Waals surface area contributed by atoms with Gasteiger partial charge in [-0.3, -0.25) is 0 Å². The summed E-state index contributed by atoms with van der Waals surface area (Å²) in [5.41, 5.74) is 0.849. The molecule has 5 heteroatoms. The number of hydrogen-bond acceptors (Lipinski definition) is 5. The molecule has 0 aliphatic carbocycles. The van der Waals surface area contributed by atoms with Gasteiger partial charge in [0.15, 0.2) is 24.6 Å². The minimum absolute atomic E-state index is 0.157. The summed E-state index contributed by atoms with van der Waals surface area (Å²) in [4.78, 5) is 0. The topological polar surface area (TPSA) is 46.2 Å². The van der Waals surface area contributed by atoms with E-state index in [4.69, 9.17) is 23.7 Å². The second-order valence-corrected chi connectivity index (χ2v) is 3.26. The average Bonchev–Trinajstić information content (AvgIpc) is 2.38. The third-order valence-corrected chi connectivity index (χ3v) is 2.22. The van der Waals surface area contributed by atoms with Gasteiger partial charge in [0.05, 0.1) is 7.11 Å². The first-order valence-electron chi connectivity index (χ1n) is 5.12. The molecule has 96 valence electrons. The molecular formula is C12H18O5. The van der Waals surface area contributed by atoms with E-state index in [1.807, 2.05) is 6.07 Å². The zero-order valence-electron chi connectivity index (χ0n) is 10.6. The standard InChI is InChI=1S/C12H18O5/c1-13-8-17-11-7-9(12(15-3)16-4)5-6-10(11)14-2/h5-7,12H,8H2,1-4H3. The predicted molar refractivity (Wildman–Crippen MR) is 62.3 cm³/mol. The van der Waals surface area contributed by atoms with Gasteiger partial charge in [-0.25, -0.2) is 0 Å². The number of rotatable bonds is 7. The van der Waals surface area contributed by atoms with E-state index in [0.29, 0.717) is 11.5 Å². The molecule has 0 fully saturated rings. The van der Waals surface area contributed by atoms with Crippen molar-refractivity contribution < 1.29 is 23.7 Å². The van der Waals surface area contributed by atoms with Gasteiger partial charge < -0.3 is 23.7 Å². The molecule has 1 rings (SSSR count). The monoisotopic (exact) mass is 242 g/mol. The van der Waals surface area contributed by atoms with Gasteiger partial charge in [0.25, 0.3) is 0 Å². The van der Waals surface area contributed by atoms with Gasteiger partial charge in [-0.1, -0.05) is 6.07 Å². The molecule has 0 bridgehead atoms. The van der Waals surface area contributed by atoms with Crippen molar-refractivity contribution in [3.63, 3.8) is 0 Å². The van der Waals surface area contributed by atoms with Crippen molar-refractivity contribution in [2.75, 3.05) is 35.2 Å². The normalized spacial score (nSPS) is 10.6. The molecule has 0 radical (unpaired) electrons. The first-order chi connectivity index (χ1) is 8.26. The Morgan fingerprint density at radius 1 is 1.00 bits per heavy atom. The van der Waals surface area contributed by atoms with Crippen molar-refractivity contribution in [1.82, 2.24) is 0 Å². The Morgan fingerprint density at radius 3 is 2.24 bits per heavy atom. The van der Waals surface area contributed by atoms with Crippen LogP contribution in [-0.2, 0) is 14.2 Å². The molecule has 17 heavy (non-hydrogen) atoms. The molecular weight excluding hydrogens is 224 g/mol. The van der Waals surface area contributed by atoms with Crippen LogP contribution in [0.5, 0.6) is 11.5 Å². The fourth-order valence-electron chi connectivity index (χ4n) is 1.44. The molecule has 0 amide bonds. The zero-order valence-corrected chi connectivity index (χ0v) is 10.6. The van der Waals surface area contributed by atoms with E-state index in [1.165, 1.54) is 0 Å². The first kappa shape index (κ1) is 13.8. The van der Waals surface area contributed by atoms with Gasteiger partial charge in [-0.15, -0.1) is 0 Å². The summed E-state index contributed by atoms with van der Waals surface area (Å²) in [5.74, 6) is 1.22. The average molecular weight is 242 g/mol. The quantitative estimate of drug-likeness (QED) is 0.684. The minimum atomic E-state index is -0.425. The summed E-state index contributed by atoms with van der Waals surface area (Å²) < 4.78 is 25.8. The van der Waals surface area contributed by atoms with Crippen molar-refractivity contribution in [2.24, 2.45) is 0 Å². The van der Waals surface area contributed by atoms with Crippen molar-refractivity contribution in [3.05, 3.63) is 23.8 Å². The van der Waals surface area contributed by atoms with Crippen LogP contribution in [-0.4, -0.2) is 35.2 Å². The summed E-state index contributed by atoms with van der Waals surface area (Å²) in [7, 11) is 6.30. The highest BCUT2D eigenvalue weighted by Gasteiger charge is 2.13. The van der Waals surface area contributed by atoms with E-state index in [1.54, 1.807) is 40.6 Å². The molecule has 0 saturated carbocycles. The number of ether oxygens (including phenoxy) is 5. The maximum atomic E-state index is 5.40. The maximum Gasteiger partial charge on any atom is 0.188 e. The highest BCUT2D eigenvalue weighted by molar-refractivity contribution is 5.43. The van der Waals surface area contributed by atoms with Crippen LogP contribution in [0, 0.1) is 0 Å². The van der Waals surface area contributed by atoms with E-state index >= 15 is 0 Å². The molecule has 1 aromatic rings. The van der Waals surface area contributed by atoms with Crippen LogP contribution in [0.2, 0.25) is 0 Å². The van der Waals surface area contributed by atoms with Gasteiger partial charge >= 0.3 is 0 Å². The Kier molecular flexibility index (Phi) is 5.76. The lowest BCUT2D eigenvalue weighted by atomic mass is 10.2. The number of hydrogen-bond donors (Lipinski definition) is 0. The summed E-state index contributed by atoms with van der Waals surface area (Å²) in [6, 6.07) is 5.46. The molecule has 0 atom stereocenters. The second-order valence-electron chi connectivity index (χ2n) is 3.26. The van der Waals surface area contributed by atoms with Crippen molar-refractivity contribution >= 4 is 0 Å². The molecule has 5 nitrogen and oxygen atoms in total. The minimum Gasteiger partial charge on any atom is -0.493 e. The predicted octanol–water partition coefficient (Wildman–Crippen LogP) is 1.97. The number of methoxy groups -OCH3 is 4. The fourth-order valence-corrected chi connectivity index (χ4v) is 1.44. The van der Waals surface area contributed by atoms with Crippen LogP contribution in [0.15, 0.2) is 18.2 Å². The molecule has 1 aromatic carbocycles. The molecule has 0 spiro atoms. The molecule has 0 aliphatic rings. The Bertz CT molecular complexity index is 336. The number of benzene rings is 1. The smallest absolute Gasteiger partial charge is 0.188 e. The van der Waals surface area contributed by atoms with Gasteiger partial charge in [0.1, 0.15) is 0 Å². The van der Waals surface area contributed by atoms with Gasteiger partial charge in [0, 0.05) is 26.9 Å². The SMILES string of the molecule is COCOc1cc(C(OC)OC)ccc1OC. The van der Waals surface area contributed by atoms with Crippen LogP contribution in [0.1, 0.15) is 11.9 Å².